The van der Waals surface area contributed by atoms with Crippen LogP contribution in [0.4, 0.5) is 0 Å². The highest BCUT2D eigenvalue weighted by molar-refractivity contribution is 7.45. The molecular formula is C34H62NO8P. The van der Waals surface area contributed by atoms with Gasteiger partial charge in [-0.05, 0) is 44.9 Å². The third-order valence-corrected chi connectivity index (χ3v) is 7.62. The average molecular weight is 644 g/mol. The molecule has 0 radical (unpaired) electrons. The van der Waals surface area contributed by atoms with Crippen molar-refractivity contribution >= 4 is 19.8 Å². The SMILES string of the molecule is CCCCC/C=C/CCC(=O)OCC(COP(=O)([O-])OCC[N+](C)(C)C)OC(=O)CC/C=C/C/C=C/CCCCCCCC. The fourth-order valence-corrected chi connectivity index (χ4v) is 4.69. The number of quaternary nitrogens is 1. The topological polar surface area (TPSA) is 111 Å². The van der Waals surface area contributed by atoms with Gasteiger partial charge in [-0.1, -0.05) is 95.2 Å². The highest BCUT2D eigenvalue weighted by Crippen LogP contribution is 2.38. The Morgan fingerprint density at radius 1 is 0.705 bits per heavy atom. The van der Waals surface area contributed by atoms with Crippen LogP contribution in [0, 0.1) is 0 Å². The average Bonchev–Trinajstić information content (AvgIpc) is 2.95. The lowest BCUT2D eigenvalue weighted by atomic mass is 10.1. The molecule has 0 amide bonds. The molecule has 0 aliphatic carbocycles. The van der Waals surface area contributed by atoms with E-state index in [1.165, 1.54) is 44.9 Å². The highest BCUT2D eigenvalue weighted by atomic mass is 31.2. The number of rotatable bonds is 29. The summed E-state index contributed by atoms with van der Waals surface area (Å²) in [4.78, 5) is 36.9. The summed E-state index contributed by atoms with van der Waals surface area (Å²) in [6.45, 7) is 3.99. The lowest BCUT2D eigenvalue weighted by molar-refractivity contribution is -0.870. The number of hydrogen-bond donors (Lipinski definition) is 0. The molecule has 9 nitrogen and oxygen atoms in total. The first-order valence-electron chi connectivity index (χ1n) is 16.7. The van der Waals surface area contributed by atoms with Gasteiger partial charge in [0.2, 0.25) is 0 Å². The van der Waals surface area contributed by atoms with E-state index in [1.54, 1.807) is 0 Å². The van der Waals surface area contributed by atoms with Crippen LogP contribution in [-0.2, 0) is 32.7 Å². The maximum Gasteiger partial charge on any atom is 0.306 e. The molecular weight excluding hydrogens is 581 g/mol. The van der Waals surface area contributed by atoms with Crippen molar-refractivity contribution in [2.45, 2.75) is 123 Å². The Labute approximate surface area is 268 Å². The first-order valence-corrected chi connectivity index (χ1v) is 18.2. The highest BCUT2D eigenvalue weighted by Gasteiger charge is 2.21. The first-order chi connectivity index (χ1) is 21.0. The summed E-state index contributed by atoms with van der Waals surface area (Å²) in [6, 6.07) is 0. The molecule has 10 heteroatoms. The zero-order valence-electron chi connectivity index (χ0n) is 28.3. The summed E-state index contributed by atoms with van der Waals surface area (Å²) < 4.78 is 33.4. The van der Waals surface area contributed by atoms with Gasteiger partial charge >= 0.3 is 11.9 Å². The molecule has 0 N–H and O–H groups in total. The molecule has 44 heavy (non-hydrogen) atoms. The lowest BCUT2D eigenvalue weighted by Gasteiger charge is -2.28. The molecule has 2 atom stereocenters. The monoisotopic (exact) mass is 643 g/mol. The predicted octanol–water partition coefficient (Wildman–Crippen LogP) is 7.60. The number of phosphoric ester groups is 1. The van der Waals surface area contributed by atoms with Crippen molar-refractivity contribution in [2.24, 2.45) is 0 Å². The zero-order chi connectivity index (χ0) is 32.9. The number of phosphoric acid groups is 1. The minimum atomic E-state index is -4.63. The van der Waals surface area contributed by atoms with Crippen LogP contribution >= 0.6 is 7.82 Å². The van der Waals surface area contributed by atoms with E-state index in [2.05, 4.69) is 32.1 Å². The van der Waals surface area contributed by atoms with Crippen LogP contribution in [0.2, 0.25) is 0 Å². The van der Waals surface area contributed by atoms with Gasteiger partial charge in [-0.2, -0.15) is 0 Å². The number of unbranched alkanes of at least 4 members (excludes halogenated alkanes) is 9. The van der Waals surface area contributed by atoms with Crippen LogP contribution in [0.25, 0.3) is 0 Å². The number of esters is 2. The van der Waals surface area contributed by atoms with E-state index in [1.807, 2.05) is 39.4 Å². The standard InChI is InChI=1S/C34H62NO8P/c1-6-8-10-12-14-15-16-17-18-19-21-23-25-27-34(37)43-32(31-42-44(38,39)41-29-28-35(3,4)5)30-40-33(36)26-24-22-20-13-11-9-7-2/h17-18,20-23,32H,6-16,19,24-31H2,1-5H3/b18-17+,22-20+,23-21+. The quantitative estimate of drug-likeness (QED) is 0.0269. The molecule has 0 saturated heterocycles. The second-order valence-corrected chi connectivity index (χ2v) is 13.6. The molecule has 0 aliphatic rings. The van der Waals surface area contributed by atoms with Gasteiger partial charge in [-0.3, -0.25) is 14.2 Å². The Bertz CT molecular complexity index is 866. The number of ether oxygens (including phenoxy) is 2. The molecule has 0 aromatic carbocycles. The van der Waals surface area contributed by atoms with Crippen molar-refractivity contribution in [3.05, 3.63) is 36.5 Å². The Morgan fingerprint density at radius 3 is 1.89 bits per heavy atom. The van der Waals surface area contributed by atoms with Crippen LogP contribution in [-0.4, -0.2) is 70.0 Å². The molecule has 0 rings (SSSR count). The summed E-state index contributed by atoms with van der Waals surface area (Å²) >= 11 is 0. The van der Waals surface area contributed by atoms with Gasteiger partial charge in [0.1, 0.15) is 19.8 Å². The molecule has 0 fully saturated rings. The molecule has 0 bridgehead atoms. The van der Waals surface area contributed by atoms with Gasteiger partial charge in [0.15, 0.2) is 6.10 Å². The fourth-order valence-electron chi connectivity index (χ4n) is 3.96. The van der Waals surface area contributed by atoms with Crippen LogP contribution in [0.3, 0.4) is 0 Å². The van der Waals surface area contributed by atoms with E-state index in [4.69, 9.17) is 18.5 Å². The molecule has 256 valence electrons. The number of carbonyl (C=O) groups is 2. The number of nitrogens with zero attached hydrogens (tertiary/aromatic N) is 1. The molecule has 0 spiro atoms. The van der Waals surface area contributed by atoms with Crippen molar-refractivity contribution in [2.75, 3.05) is 47.5 Å². The van der Waals surface area contributed by atoms with Gasteiger partial charge < -0.3 is 27.9 Å². The number of carbonyl (C=O) groups excluding carboxylic acids is 2. The van der Waals surface area contributed by atoms with E-state index < -0.39 is 32.5 Å². The maximum absolute atomic E-state index is 12.5. The minimum absolute atomic E-state index is 0.0454. The van der Waals surface area contributed by atoms with E-state index in [0.717, 1.165) is 32.1 Å². The minimum Gasteiger partial charge on any atom is -0.756 e. The second-order valence-electron chi connectivity index (χ2n) is 12.2. The van der Waals surface area contributed by atoms with E-state index >= 15 is 0 Å². The van der Waals surface area contributed by atoms with Crippen molar-refractivity contribution in [3.63, 3.8) is 0 Å². The molecule has 0 aromatic heterocycles. The van der Waals surface area contributed by atoms with E-state index in [0.29, 0.717) is 23.9 Å². The lowest BCUT2D eigenvalue weighted by Crippen LogP contribution is -2.37. The number of likely N-dealkylation sites (N-methyl/N-ethyl adjacent to an activating group) is 1. The Hall–Kier alpha value is -1.77. The summed E-state index contributed by atoms with van der Waals surface area (Å²) in [7, 11) is 1.11. The smallest absolute Gasteiger partial charge is 0.306 e. The molecule has 0 saturated carbocycles. The molecule has 0 aromatic rings. The predicted molar refractivity (Wildman–Crippen MR) is 176 cm³/mol. The first kappa shape index (κ1) is 42.2. The second kappa shape index (κ2) is 27.5. The summed E-state index contributed by atoms with van der Waals surface area (Å²) in [5.41, 5.74) is 0. The number of hydrogen-bond acceptors (Lipinski definition) is 8. The van der Waals surface area contributed by atoms with Crippen LogP contribution < -0.4 is 4.89 Å². The third-order valence-electron chi connectivity index (χ3n) is 6.66. The van der Waals surface area contributed by atoms with Crippen LogP contribution in [0.1, 0.15) is 117 Å². The molecule has 0 heterocycles. The largest absolute Gasteiger partial charge is 0.756 e. The number of allylic oxidation sites excluding steroid dienone is 6. The van der Waals surface area contributed by atoms with E-state index in [9.17, 15) is 19.0 Å². The maximum atomic E-state index is 12.5. The Balaban J connectivity index is 4.63. The van der Waals surface area contributed by atoms with Gasteiger partial charge in [0.05, 0.1) is 27.7 Å². The Morgan fingerprint density at radius 2 is 1.23 bits per heavy atom. The summed E-state index contributed by atoms with van der Waals surface area (Å²) in [5.74, 6) is -0.985. The van der Waals surface area contributed by atoms with Gasteiger partial charge in [-0.15, -0.1) is 0 Å². The molecule has 0 aliphatic heterocycles. The summed E-state index contributed by atoms with van der Waals surface area (Å²) in [6.07, 6.45) is 26.6. The van der Waals surface area contributed by atoms with Gasteiger partial charge in [0.25, 0.3) is 7.82 Å². The van der Waals surface area contributed by atoms with Crippen LogP contribution in [0.15, 0.2) is 36.5 Å². The molecule has 2 unspecified atom stereocenters. The summed E-state index contributed by atoms with van der Waals surface area (Å²) in [5, 5.41) is 0. The van der Waals surface area contributed by atoms with Crippen molar-refractivity contribution in [1.82, 2.24) is 0 Å². The van der Waals surface area contributed by atoms with Gasteiger partial charge in [-0.25, -0.2) is 0 Å². The van der Waals surface area contributed by atoms with Crippen molar-refractivity contribution in [3.8, 4) is 0 Å². The van der Waals surface area contributed by atoms with Crippen LogP contribution in [0.5, 0.6) is 0 Å². The van der Waals surface area contributed by atoms with E-state index in [-0.39, 0.29) is 26.1 Å². The van der Waals surface area contributed by atoms with Gasteiger partial charge in [0, 0.05) is 12.8 Å². The Kier molecular flexibility index (Phi) is 26.4. The zero-order valence-corrected chi connectivity index (χ0v) is 29.2. The normalized spacial score (nSPS) is 14.4. The van der Waals surface area contributed by atoms with Crippen molar-refractivity contribution in [1.29, 1.82) is 0 Å². The van der Waals surface area contributed by atoms with Crippen molar-refractivity contribution < 1.29 is 42.1 Å². The third kappa shape index (κ3) is 30.3. The fraction of sp³-hybridized carbons (Fsp3) is 0.765.